The molecule has 1 aromatic heterocycles. The predicted octanol–water partition coefficient (Wildman–Crippen LogP) is 10.8. The van der Waals surface area contributed by atoms with E-state index in [-0.39, 0.29) is 24.4 Å². The number of hydrogen-bond acceptors (Lipinski definition) is 7. The Kier molecular flexibility index (Phi) is 15.8. The number of aromatic nitrogens is 2. The van der Waals surface area contributed by atoms with Crippen molar-refractivity contribution in [3.05, 3.63) is 117 Å². The highest BCUT2D eigenvalue weighted by molar-refractivity contribution is 7.15. The van der Waals surface area contributed by atoms with Gasteiger partial charge in [-0.2, -0.15) is 0 Å². The summed E-state index contributed by atoms with van der Waals surface area (Å²) < 4.78 is 27.8. The SMILES string of the molecule is Clc1nnc(CC2CCCCCCCC(C3OC(COCc4ccccc4)CC(OCc4ccccc4)C3OCc3ccccc3)CCCC2)s1. The lowest BCUT2D eigenvalue weighted by Crippen LogP contribution is -2.54. The maximum absolute atomic E-state index is 7.14. The van der Waals surface area contributed by atoms with Gasteiger partial charge in [-0.1, -0.05) is 160 Å². The van der Waals surface area contributed by atoms with Crippen LogP contribution in [0.2, 0.25) is 4.47 Å². The highest BCUT2D eigenvalue weighted by atomic mass is 35.5. The molecule has 1 saturated heterocycles. The van der Waals surface area contributed by atoms with Gasteiger partial charge < -0.3 is 18.9 Å². The van der Waals surface area contributed by atoms with Gasteiger partial charge in [-0.3, -0.25) is 0 Å². The monoisotopic (exact) mass is 730 g/mol. The van der Waals surface area contributed by atoms with Crippen LogP contribution in [0.5, 0.6) is 0 Å². The molecule has 6 atom stereocenters. The van der Waals surface area contributed by atoms with Crippen LogP contribution in [0, 0.1) is 11.8 Å². The molecule has 6 rings (SSSR count). The van der Waals surface area contributed by atoms with E-state index < -0.39 is 0 Å². The first-order valence-corrected chi connectivity index (χ1v) is 20.4. The summed E-state index contributed by atoms with van der Waals surface area (Å²) in [5, 5.41) is 9.48. The third-order valence-corrected chi connectivity index (χ3v) is 11.6. The molecule has 6 nitrogen and oxygen atoms in total. The maximum atomic E-state index is 7.14. The number of rotatable bonds is 13. The van der Waals surface area contributed by atoms with E-state index in [1.807, 2.05) is 6.07 Å². The first kappa shape index (κ1) is 38.1. The quantitative estimate of drug-likeness (QED) is 0.136. The van der Waals surface area contributed by atoms with Crippen LogP contribution in [0.3, 0.4) is 0 Å². The Morgan fingerprint density at radius 1 is 0.647 bits per heavy atom. The van der Waals surface area contributed by atoms with Crippen molar-refractivity contribution in [2.45, 2.75) is 128 Å². The van der Waals surface area contributed by atoms with Crippen LogP contribution >= 0.6 is 22.9 Å². The minimum Gasteiger partial charge on any atom is -0.374 e. The van der Waals surface area contributed by atoms with Gasteiger partial charge in [0.1, 0.15) is 11.1 Å². The van der Waals surface area contributed by atoms with Gasteiger partial charge >= 0.3 is 0 Å². The average Bonchev–Trinajstić information content (AvgIpc) is 3.59. The van der Waals surface area contributed by atoms with Crippen LogP contribution in [0.1, 0.15) is 98.7 Å². The second-order valence-electron chi connectivity index (χ2n) is 14.5. The molecule has 1 aliphatic heterocycles. The molecule has 274 valence electrons. The van der Waals surface area contributed by atoms with Gasteiger partial charge in [0, 0.05) is 12.8 Å². The van der Waals surface area contributed by atoms with Gasteiger partial charge in [-0.25, -0.2) is 0 Å². The van der Waals surface area contributed by atoms with E-state index in [2.05, 4.69) is 95.1 Å². The fourth-order valence-corrected chi connectivity index (χ4v) is 8.81. The Hall–Kier alpha value is -2.65. The lowest BCUT2D eigenvalue weighted by molar-refractivity contribution is -0.230. The molecule has 4 aromatic rings. The van der Waals surface area contributed by atoms with Crippen LogP contribution in [0.15, 0.2) is 91.0 Å². The van der Waals surface area contributed by atoms with E-state index in [1.165, 1.54) is 85.8 Å². The third kappa shape index (κ3) is 12.8. The average molecular weight is 731 g/mol. The fourth-order valence-electron chi connectivity index (χ4n) is 7.83. The topological polar surface area (TPSA) is 62.7 Å². The Morgan fingerprint density at radius 2 is 1.20 bits per heavy atom. The first-order valence-electron chi connectivity index (χ1n) is 19.3. The fraction of sp³-hybridized carbons (Fsp3) is 0.535. The van der Waals surface area contributed by atoms with Gasteiger partial charge in [-0.15, -0.1) is 10.2 Å². The van der Waals surface area contributed by atoms with Gasteiger partial charge in [0.05, 0.1) is 44.7 Å². The summed E-state index contributed by atoms with van der Waals surface area (Å²) in [6, 6.07) is 31.4. The first-order chi connectivity index (χ1) is 25.2. The van der Waals surface area contributed by atoms with Crippen molar-refractivity contribution < 1.29 is 18.9 Å². The van der Waals surface area contributed by atoms with Crippen LogP contribution in [-0.4, -0.2) is 41.2 Å². The van der Waals surface area contributed by atoms with Crippen molar-refractivity contribution in [1.29, 1.82) is 0 Å². The van der Waals surface area contributed by atoms with Crippen LogP contribution < -0.4 is 0 Å². The van der Waals surface area contributed by atoms with Crippen LogP contribution in [0.25, 0.3) is 0 Å². The van der Waals surface area contributed by atoms with Crippen molar-refractivity contribution in [3.63, 3.8) is 0 Å². The molecule has 0 spiro atoms. The summed E-state index contributed by atoms with van der Waals surface area (Å²) in [4.78, 5) is 0. The molecule has 3 aromatic carbocycles. The number of benzene rings is 3. The van der Waals surface area contributed by atoms with E-state index in [4.69, 9.17) is 30.5 Å². The maximum Gasteiger partial charge on any atom is 0.207 e. The van der Waals surface area contributed by atoms with Crippen LogP contribution in [-0.2, 0) is 45.2 Å². The molecule has 0 radical (unpaired) electrons. The molecule has 2 fully saturated rings. The zero-order chi connectivity index (χ0) is 34.9. The number of halogens is 1. The van der Waals surface area contributed by atoms with Crippen molar-refractivity contribution in [2.75, 3.05) is 6.61 Å². The normalized spacial score (nSPS) is 25.4. The van der Waals surface area contributed by atoms with Gasteiger partial charge in [-0.05, 0) is 53.0 Å². The molecule has 0 amide bonds. The molecule has 51 heavy (non-hydrogen) atoms. The Balaban J connectivity index is 1.19. The zero-order valence-electron chi connectivity index (χ0n) is 30.0. The molecule has 0 N–H and O–H groups in total. The predicted molar refractivity (Wildman–Crippen MR) is 206 cm³/mol. The third-order valence-electron chi connectivity index (χ3n) is 10.5. The molecule has 0 bridgehead atoms. The summed E-state index contributed by atoms with van der Waals surface area (Å²) in [5.74, 6) is 1.01. The van der Waals surface area contributed by atoms with Crippen LogP contribution in [0.4, 0.5) is 0 Å². The zero-order valence-corrected chi connectivity index (χ0v) is 31.5. The van der Waals surface area contributed by atoms with Gasteiger partial charge in [0.15, 0.2) is 0 Å². The number of ether oxygens (including phenoxy) is 4. The van der Waals surface area contributed by atoms with Gasteiger partial charge in [0.25, 0.3) is 0 Å². The summed E-state index contributed by atoms with van der Waals surface area (Å²) in [6.07, 6.45) is 14.7. The number of nitrogens with zero attached hydrogens (tertiary/aromatic N) is 2. The van der Waals surface area contributed by atoms with Crippen molar-refractivity contribution >= 4 is 22.9 Å². The smallest absolute Gasteiger partial charge is 0.207 e. The minimum atomic E-state index is -0.171. The molecule has 6 unspecified atom stereocenters. The summed E-state index contributed by atoms with van der Waals surface area (Å²) in [7, 11) is 0. The molecule has 1 saturated carbocycles. The van der Waals surface area contributed by atoms with Crippen molar-refractivity contribution in [2.24, 2.45) is 11.8 Å². The summed E-state index contributed by atoms with van der Waals surface area (Å²) in [6.45, 7) is 2.19. The molecule has 8 heteroatoms. The second kappa shape index (κ2) is 21.2. The largest absolute Gasteiger partial charge is 0.374 e. The van der Waals surface area contributed by atoms with E-state index in [0.717, 1.165) is 30.7 Å². The van der Waals surface area contributed by atoms with Crippen molar-refractivity contribution in [1.82, 2.24) is 10.2 Å². The van der Waals surface area contributed by atoms with Gasteiger partial charge in [0.2, 0.25) is 4.47 Å². The highest BCUT2D eigenvalue weighted by Crippen LogP contribution is 2.36. The Labute approximate surface area is 314 Å². The summed E-state index contributed by atoms with van der Waals surface area (Å²) >= 11 is 7.67. The van der Waals surface area contributed by atoms with E-state index >= 15 is 0 Å². The lowest BCUT2D eigenvalue weighted by Gasteiger charge is -2.45. The Bertz CT molecular complexity index is 1510. The molecular formula is C43H55ClN2O4S. The molecule has 1 aliphatic carbocycles. The molecule has 2 heterocycles. The van der Waals surface area contributed by atoms with E-state index in [0.29, 0.717) is 42.7 Å². The minimum absolute atomic E-state index is 0.0660. The second-order valence-corrected chi connectivity index (χ2v) is 16.1. The van der Waals surface area contributed by atoms with E-state index in [1.54, 1.807) is 0 Å². The standard InChI is InChI=1S/C43H55ClN2O4S/c44-43-46-45-40(51-43)27-33-17-7-2-1-3-14-25-37(26-16-15-18-33)41-42(49-31-36-23-12-6-13-24-36)39(48-30-35-21-10-5-11-22-35)28-38(50-41)32-47-29-34-19-8-4-9-20-34/h4-6,8-13,19-24,33,37-39,41-42H,1-3,7,14-18,25-32H2. The van der Waals surface area contributed by atoms with E-state index in [9.17, 15) is 0 Å². The molecular weight excluding hydrogens is 676 g/mol. The van der Waals surface area contributed by atoms with Crippen molar-refractivity contribution in [3.8, 4) is 0 Å². The number of hydrogen-bond donors (Lipinski definition) is 0. The Morgan fingerprint density at radius 3 is 1.82 bits per heavy atom. The lowest BCUT2D eigenvalue weighted by atomic mass is 9.82. The highest BCUT2D eigenvalue weighted by Gasteiger charge is 2.44. The summed E-state index contributed by atoms with van der Waals surface area (Å²) in [5.41, 5.74) is 3.52. The molecule has 2 aliphatic rings.